The number of hydrogen-bond donors (Lipinski definition) is 1. The first-order valence-electron chi connectivity index (χ1n) is 5.77. The third-order valence-electron chi connectivity index (χ3n) is 3.67. The summed E-state index contributed by atoms with van der Waals surface area (Å²) in [6, 6.07) is 0. The van der Waals surface area contributed by atoms with Crippen molar-refractivity contribution < 1.29 is 8.42 Å². The molecule has 2 saturated heterocycles. The van der Waals surface area contributed by atoms with Crippen LogP contribution in [0.15, 0.2) is 17.3 Å². The number of nitrogens with zero attached hydrogens (tertiary/aromatic N) is 3. The van der Waals surface area contributed by atoms with Crippen LogP contribution < -0.4 is 5.32 Å². The van der Waals surface area contributed by atoms with Crippen LogP contribution in [0.1, 0.15) is 0 Å². The van der Waals surface area contributed by atoms with Crippen molar-refractivity contribution in [2.45, 2.75) is 4.90 Å². The molecule has 0 radical (unpaired) electrons. The van der Waals surface area contributed by atoms with Crippen molar-refractivity contribution in [3.8, 4) is 0 Å². The second-order valence-electron chi connectivity index (χ2n) is 4.85. The molecule has 2 fully saturated rings. The number of sulfonamides is 1. The summed E-state index contributed by atoms with van der Waals surface area (Å²) in [6.45, 7) is 3.14. The number of fused-ring (bicyclic) bond motifs is 1. The lowest BCUT2D eigenvalue weighted by Gasteiger charge is -2.15. The molecule has 0 amide bonds. The van der Waals surface area contributed by atoms with Crippen LogP contribution in [-0.4, -0.2) is 48.7 Å². The Kier molecular flexibility index (Phi) is 3.68. The van der Waals surface area contributed by atoms with Gasteiger partial charge >= 0.3 is 0 Å². The van der Waals surface area contributed by atoms with Gasteiger partial charge < -0.3 is 5.32 Å². The Morgan fingerprint density at radius 3 is 2.44 bits per heavy atom. The van der Waals surface area contributed by atoms with E-state index in [0.29, 0.717) is 29.8 Å². The lowest BCUT2D eigenvalue weighted by atomic mass is 10.0. The van der Waals surface area contributed by atoms with Crippen molar-refractivity contribution in [1.29, 1.82) is 0 Å². The maximum atomic E-state index is 12.3. The van der Waals surface area contributed by atoms with Crippen LogP contribution in [0, 0.1) is 11.8 Å². The van der Waals surface area contributed by atoms with Gasteiger partial charge in [-0.1, -0.05) is 0 Å². The molecule has 0 unspecified atom stereocenters. The average molecular weight is 293 g/mol. The Hall–Kier alpha value is -0.630. The van der Waals surface area contributed by atoms with Gasteiger partial charge in [-0.2, -0.15) is 9.40 Å². The van der Waals surface area contributed by atoms with Crippen molar-refractivity contribution in [2.75, 3.05) is 26.2 Å². The molecule has 8 heteroatoms. The number of aryl methyl sites for hydroxylation is 1. The lowest BCUT2D eigenvalue weighted by Crippen LogP contribution is -2.31. The van der Waals surface area contributed by atoms with E-state index in [1.807, 2.05) is 0 Å². The first kappa shape index (κ1) is 13.8. The fourth-order valence-electron chi connectivity index (χ4n) is 2.69. The standard InChI is InChI=1S/C10H16N4O2S.ClH/c1-13-7-10(4-12-13)17(15,16)14-5-8-2-11-3-9(8)6-14;/h4,7-9,11H,2-3,5-6H2,1H3;1H/t8-,9+;. The van der Waals surface area contributed by atoms with Crippen LogP contribution in [0.2, 0.25) is 0 Å². The van der Waals surface area contributed by atoms with E-state index in [0.717, 1.165) is 13.1 Å². The molecule has 6 nitrogen and oxygen atoms in total. The highest BCUT2D eigenvalue weighted by Gasteiger charge is 2.41. The van der Waals surface area contributed by atoms with E-state index < -0.39 is 10.0 Å². The van der Waals surface area contributed by atoms with E-state index in [-0.39, 0.29) is 12.4 Å². The minimum atomic E-state index is -3.34. The molecule has 2 atom stereocenters. The second-order valence-corrected chi connectivity index (χ2v) is 6.79. The second kappa shape index (κ2) is 4.80. The highest BCUT2D eigenvalue weighted by Crippen LogP contribution is 2.30. The largest absolute Gasteiger partial charge is 0.316 e. The summed E-state index contributed by atoms with van der Waals surface area (Å²) in [5.74, 6) is 0.947. The van der Waals surface area contributed by atoms with Crippen LogP contribution >= 0.6 is 12.4 Å². The SMILES string of the molecule is Cl.Cn1cc(S(=O)(=O)N2C[C@H]3CNC[C@H]3C2)cn1. The Morgan fingerprint density at radius 1 is 1.33 bits per heavy atom. The molecular formula is C10H17ClN4O2S. The van der Waals surface area contributed by atoms with Gasteiger partial charge in [-0.15, -0.1) is 12.4 Å². The quantitative estimate of drug-likeness (QED) is 0.811. The van der Waals surface area contributed by atoms with Gasteiger partial charge in [0.15, 0.2) is 0 Å². The molecule has 2 aliphatic rings. The zero-order valence-corrected chi connectivity index (χ0v) is 11.7. The molecule has 3 heterocycles. The van der Waals surface area contributed by atoms with Gasteiger partial charge in [-0.25, -0.2) is 8.42 Å². The predicted octanol–water partition coefficient (Wildman–Crippen LogP) is -0.318. The van der Waals surface area contributed by atoms with Crippen LogP contribution in [0.5, 0.6) is 0 Å². The van der Waals surface area contributed by atoms with Crippen LogP contribution in [0.4, 0.5) is 0 Å². The Morgan fingerprint density at radius 2 is 1.94 bits per heavy atom. The molecule has 1 aromatic rings. The number of aromatic nitrogens is 2. The van der Waals surface area contributed by atoms with Crippen LogP contribution in [0.25, 0.3) is 0 Å². The van der Waals surface area contributed by atoms with Crippen molar-refractivity contribution in [3.63, 3.8) is 0 Å². The normalized spacial score (nSPS) is 28.1. The minimum absolute atomic E-state index is 0. The summed E-state index contributed by atoms with van der Waals surface area (Å²) >= 11 is 0. The number of nitrogens with one attached hydrogen (secondary N) is 1. The first-order valence-corrected chi connectivity index (χ1v) is 7.21. The molecule has 1 aromatic heterocycles. The van der Waals surface area contributed by atoms with Crippen molar-refractivity contribution in [2.24, 2.45) is 18.9 Å². The maximum absolute atomic E-state index is 12.3. The van der Waals surface area contributed by atoms with Gasteiger partial charge in [-0.3, -0.25) is 4.68 Å². The molecule has 1 N–H and O–H groups in total. The van der Waals surface area contributed by atoms with Gasteiger partial charge in [0.2, 0.25) is 10.0 Å². The predicted molar refractivity (Wildman–Crippen MR) is 69.1 cm³/mol. The van der Waals surface area contributed by atoms with Gasteiger partial charge in [0.25, 0.3) is 0 Å². The van der Waals surface area contributed by atoms with E-state index in [4.69, 9.17) is 0 Å². The third kappa shape index (κ3) is 2.16. The van der Waals surface area contributed by atoms with Crippen molar-refractivity contribution in [3.05, 3.63) is 12.4 Å². The smallest absolute Gasteiger partial charge is 0.246 e. The fraction of sp³-hybridized carbons (Fsp3) is 0.700. The van der Waals surface area contributed by atoms with Gasteiger partial charge in [-0.05, 0) is 24.9 Å². The molecule has 18 heavy (non-hydrogen) atoms. The molecule has 0 saturated carbocycles. The van der Waals surface area contributed by atoms with E-state index in [1.165, 1.54) is 10.9 Å². The lowest BCUT2D eigenvalue weighted by molar-refractivity contribution is 0.448. The number of halogens is 1. The van der Waals surface area contributed by atoms with Crippen molar-refractivity contribution >= 4 is 22.4 Å². The summed E-state index contributed by atoms with van der Waals surface area (Å²) < 4.78 is 27.8. The van der Waals surface area contributed by atoms with E-state index in [2.05, 4.69) is 10.4 Å². The van der Waals surface area contributed by atoms with Gasteiger partial charge in [0.1, 0.15) is 4.90 Å². The summed E-state index contributed by atoms with van der Waals surface area (Å²) in [7, 11) is -1.61. The van der Waals surface area contributed by atoms with Gasteiger partial charge in [0.05, 0.1) is 6.20 Å². The molecule has 0 spiro atoms. The van der Waals surface area contributed by atoms with Crippen LogP contribution in [-0.2, 0) is 17.1 Å². The third-order valence-corrected chi connectivity index (χ3v) is 5.46. The highest BCUT2D eigenvalue weighted by atomic mass is 35.5. The van der Waals surface area contributed by atoms with E-state index in [1.54, 1.807) is 17.5 Å². The molecule has 102 valence electrons. The van der Waals surface area contributed by atoms with Crippen LogP contribution in [0.3, 0.4) is 0 Å². The molecule has 3 rings (SSSR count). The number of rotatable bonds is 2. The molecule has 0 aliphatic carbocycles. The first-order chi connectivity index (χ1) is 8.07. The summed E-state index contributed by atoms with van der Waals surface area (Å²) in [6.07, 6.45) is 2.98. The zero-order chi connectivity index (χ0) is 12.0. The Bertz CT molecular complexity index is 518. The Balaban J connectivity index is 0.00000120. The minimum Gasteiger partial charge on any atom is -0.316 e. The molecular weight excluding hydrogens is 276 g/mol. The maximum Gasteiger partial charge on any atom is 0.246 e. The van der Waals surface area contributed by atoms with Crippen molar-refractivity contribution in [1.82, 2.24) is 19.4 Å². The zero-order valence-electron chi connectivity index (χ0n) is 10.1. The summed E-state index contributed by atoms with van der Waals surface area (Å²) in [5, 5.41) is 7.23. The average Bonchev–Trinajstić information content (AvgIpc) is 2.89. The summed E-state index contributed by atoms with van der Waals surface area (Å²) in [4.78, 5) is 0.299. The Labute approximate surface area is 113 Å². The number of hydrogen-bond acceptors (Lipinski definition) is 4. The summed E-state index contributed by atoms with van der Waals surface area (Å²) in [5.41, 5.74) is 0. The van der Waals surface area contributed by atoms with E-state index >= 15 is 0 Å². The highest BCUT2D eigenvalue weighted by molar-refractivity contribution is 7.89. The molecule has 2 aliphatic heterocycles. The molecule has 0 bridgehead atoms. The topological polar surface area (TPSA) is 67.2 Å². The van der Waals surface area contributed by atoms with Gasteiger partial charge in [0, 0.05) is 26.3 Å². The fourth-order valence-corrected chi connectivity index (χ4v) is 4.23. The molecule has 0 aromatic carbocycles. The van der Waals surface area contributed by atoms with E-state index in [9.17, 15) is 8.42 Å². The monoisotopic (exact) mass is 292 g/mol.